The largest absolute Gasteiger partial charge is 0.384 e. The second-order valence-electron chi connectivity index (χ2n) is 5.08. The molecule has 1 aliphatic rings. The van der Waals surface area contributed by atoms with E-state index in [0.717, 1.165) is 24.1 Å². The fourth-order valence-electron chi connectivity index (χ4n) is 2.19. The van der Waals surface area contributed by atoms with Gasteiger partial charge in [-0.25, -0.2) is 4.79 Å². The van der Waals surface area contributed by atoms with Crippen molar-refractivity contribution in [3.8, 4) is 0 Å². The number of hydrogen-bond acceptors (Lipinski definition) is 2. The van der Waals surface area contributed by atoms with Gasteiger partial charge in [-0.1, -0.05) is 24.3 Å². The Labute approximate surface area is 113 Å². The van der Waals surface area contributed by atoms with Gasteiger partial charge >= 0.3 is 6.03 Å². The van der Waals surface area contributed by atoms with Crippen LogP contribution < -0.4 is 10.6 Å². The number of urea groups is 1. The van der Waals surface area contributed by atoms with E-state index in [-0.39, 0.29) is 12.6 Å². The minimum absolute atomic E-state index is 0.237. The van der Waals surface area contributed by atoms with Gasteiger partial charge in [0.05, 0.1) is 6.54 Å². The second kappa shape index (κ2) is 5.89. The Morgan fingerprint density at radius 2 is 2.32 bits per heavy atom. The van der Waals surface area contributed by atoms with Crippen molar-refractivity contribution in [1.82, 2.24) is 5.32 Å². The van der Waals surface area contributed by atoms with E-state index in [2.05, 4.69) is 10.6 Å². The van der Waals surface area contributed by atoms with Gasteiger partial charge in [-0.15, -0.1) is 0 Å². The molecule has 0 unspecified atom stereocenters. The number of aliphatic hydroxyl groups is 1. The highest BCUT2D eigenvalue weighted by Gasteiger charge is 2.25. The highest BCUT2D eigenvalue weighted by Crippen LogP contribution is 2.21. The lowest BCUT2D eigenvalue weighted by atomic mass is 9.91. The average molecular weight is 260 g/mol. The molecule has 0 heterocycles. The minimum Gasteiger partial charge on any atom is -0.384 e. The number of rotatable bonds is 3. The molecular formula is C15H20N2O2. The maximum Gasteiger partial charge on any atom is 0.319 e. The molecule has 2 amide bonds. The van der Waals surface area contributed by atoms with Crippen LogP contribution >= 0.6 is 0 Å². The van der Waals surface area contributed by atoms with Crippen LogP contribution in [0.3, 0.4) is 0 Å². The first kappa shape index (κ1) is 13.6. The van der Waals surface area contributed by atoms with E-state index in [1.165, 1.54) is 0 Å². The van der Waals surface area contributed by atoms with Gasteiger partial charge in [0, 0.05) is 5.69 Å². The molecule has 0 saturated heterocycles. The molecule has 0 radical (unpaired) electrons. The number of aryl methyl sites for hydroxylation is 1. The molecule has 1 aromatic rings. The molecule has 1 atom stereocenters. The molecular weight excluding hydrogens is 240 g/mol. The molecule has 2 rings (SSSR count). The van der Waals surface area contributed by atoms with Crippen LogP contribution in [0.4, 0.5) is 10.5 Å². The van der Waals surface area contributed by atoms with Gasteiger partial charge in [0.15, 0.2) is 0 Å². The molecule has 0 spiro atoms. The van der Waals surface area contributed by atoms with Gasteiger partial charge in [0.25, 0.3) is 0 Å². The zero-order chi connectivity index (χ0) is 13.7. The summed E-state index contributed by atoms with van der Waals surface area (Å²) < 4.78 is 0. The first-order valence-corrected chi connectivity index (χ1v) is 6.59. The summed E-state index contributed by atoms with van der Waals surface area (Å²) in [5, 5.41) is 15.7. The van der Waals surface area contributed by atoms with Crippen LogP contribution in [0.25, 0.3) is 0 Å². The number of carbonyl (C=O) groups excluding carboxylic acids is 1. The van der Waals surface area contributed by atoms with Crippen LogP contribution in [-0.4, -0.2) is 23.3 Å². The van der Waals surface area contributed by atoms with Gasteiger partial charge in [0.1, 0.15) is 5.60 Å². The molecule has 0 saturated carbocycles. The van der Waals surface area contributed by atoms with E-state index in [9.17, 15) is 9.90 Å². The van der Waals surface area contributed by atoms with Crippen molar-refractivity contribution in [2.45, 2.75) is 31.8 Å². The minimum atomic E-state index is -0.901. The van der Waals surface area contributed by atoms with E-state index >= 15 is 0 Å². The normalized spacial score (nSPS) is 22.0. The number of amides is 2. The average Bonchev–Trinajstić information content (AvgIpc) is 2.38. The predicted octanol–water partition coefficient (Wildman–Crippen LogP) is 2.59. The Bertz CT molecular complexity index is 485. The highest BCUT2D eigenvalue weighted by molar-refractivity contribution is 5.89. The van der Waals surface area contributed by atoms with Crippen molar-refractivity contribution >= 4 is 11.7 Å². The van der Waals surface area contributed by atoms with E-state index in [4.69, 9.17) is 0 Å². The van der Waals surface area contributed by atoms with E-state index in [1.54, 1.807) is 6.08 Å². The van der Waals surface area contributed by atoms with Crippen molar-refractivity contribution in [3.05, 3.63) is 42.0 Å². The van der Waals surface area contributed by atoms with Gasteiger partial charge in [-0.05, 0) is 43.9 Å². The summed E-state index contributed by atoms with van der Waals surface area (Å²) in [5.74, 6) is 0. The van der Waals surface area contributed by atoms with Gasteiger partial charge in [-0.2, -0.15) is 0 Å². The van der Waals surface area contributed by atoms with Crippen molar-refractivity contribution < 1.29 is 9.90 Å². The number of carbonyl (C=O) groups is 1. The van der Waals surface area contributed by atoms with Crippen LogP contribution in [0.15, 0.2) is 36.4 Å². The van der Waals surface area contributed by atoms with Gasteiger partial charge in [-0.3, -0.25) is 0 Å². The maximum atomic E-state index is 11.8. The Balaban J connectivity index is 1.85. The number of allylic oxidation sites excluding steroid dienone is 1. The molecule has 0 aliphatic heterocycles. The summed E-state index contributed by atoms with van der Waals surface area (Å²) in [6.45, 7) is 2.21. The molecule has 0 fully saturated rings. The lowest BCUT2D eigenvalue weighted by Crippen LogP contribution is -2.43. The Morgan fingerprint density at radius 1 is 1.47 bits per heavy atom. The first-order valence-electron chi connectivity index (χ1n) is 6.59. The van der Waals surface area contributed by atoms with Crippen molar-refractivity contribution in [1.29, 1.82) is 0 Å². The number of nitrogens with one attached hydrogen (secondary N) is 2. The summed E-state index contributed by atoms with van der Waals surface area (Å²) in [4.78, 5) is 11.8. The topological polar surface area (TPSA) is 61.4 Å². The SMILES string of the molecule is Cc1cccc(NC(=O)NC[C@]2(O)C=CCCC2)c1. The molecule has 4 nitrogen and oxygen atoms in total. The summed E-state index contributed by atoms with van der Waals surface area (Å²) in [6, 6.07) is 7.30. The van der Waals surface area contributed by atoms with Crippen molar-refractivity contribution in [2.75, 3.05) is 11.9 Å². The lowest BCUT2D eigenvalue weighted by molar-refractivity contribution is 0.0768. The zero-order valence-electron chi connectivity index (χ0n) is 11.1. The summed E-state index contributed by atoms with van der Waals surface area (Å²) in [6.07, 6.45) is 6.38. The molecule has 3 N–H and O–H groups in total. The Morgan fingerprint density at radius 3 is 3.00 bits per heavy atom. The van der Waals surface area contributed by atoms with Crippen LogP contribution in [0.5, 0.6) is 0 Å². The Hall–Kier alpha value is -1.81. The molecule has 1 aromatic carbocycles. The second-order valence-corrected chi connectivity index (χ2v) is 5.08. The van der Waals surface area contributed by atoms with E-state index in [1.807, 2.05) is 37.3 Å². The highest BCUT2D eigenvalue weighted by atomic mass is 16.3. The third-order valence-corrected chi connectivity index (χ3v) is 3.24. The summed E-state index contributed by atoms with van der Waals surface area (Å²) in [5.41, 5.74) is 0.942. The number of benzene rings is 1. The Kier molecular flexibility index (Phi) is 4.22. The molecule has 1 aliphatic carbocycles. The van der Waals surface area contributed by atoms with Gasteiger partial charge in [0.2, 0.25) is 0 Å². The standard InChI is InChI=1S/C15H20N2O2/c1-12-6-5-7-13(10-12)17-14(18)16-11-15(19)8-3-2-4-9-15/h3,5-8,10,19H,2,4,9,11H2,1H3,(H2,16,17,18)/t15-/m0/s1. The summed E-state index contributed by atoms with van der Waals surface area (Å²) in [7, 11) is 0. The molecule has 4 heteroatoms. The molecule has 19 heavy (non-hydrogen) atoms. The molecule has 102 valence electrons. The monoisotopic (exact) mass is 260 g/mol. The fraction of sp³-hybridized carbons (Fsp3) is 0.400. The predicted molar refractivity (Wildman–Crippen MR) is 76.1 cm³/mol. The smallest absolute Gasteiger partial charge is 0.319 e. The van der Waals surface area contributed by atoms with E-state index < -0.39 is 5.60 Å². The number of anilines is 1. The number of hydrogen-bond donors (Lipinski definition) is 3. The third kappa shape index (κ3) is 4.10. The zero-order valence-corrected chi connectivity index (χ0v) is 11.1. The van der Waals surface area contributed by atoms with Crippen LogP contribution in [0.1, 0.15) is 24.8 Å². The van der Waals surface area contributed by atoms with Crippen LogP contribution in [-0.2, 0) is 0 Å². The fourth-order valence-corrected chi connectivity index (χ4v) is 2.19. The quantitative estimate of drug-likeness (QED) is 0.731. The maximum absolute atomic E-state index is 11.8. The lowest BCUT2D eigenvalue weighted by Gasteiger charge is -2.27. The van der Waals surface area contributed by atoms with Crippen LogP contribution in [0.2, 0.25) is 0 Å². The molecule has 0 bridgehead atoms. The van der Waals surface area contributed by atoms with Crippen molar-refractivity contribution in [3.63, 3.8) is 0 Å². The van der Waals surface area contributed by atoms with E-state index in [0.29, 0.717) is 6.42 Å². The van der Waals surface area contributed by atoms with Gasteiger partial charge < -0.3 is 15.7 Å². The third-order valence-electron chi connectivity index (χ3n) is 3.24. The van der Waals surface area contributed by atoms with Crippen LogP contribution in [0, 0.1) is 6.92 Å². The summed E-state index contributed by atoms with van der Waals surface area (Å²) >= 11 is 0. The molecule has 0 aromatic heterocycles. The first-order chi connectivity index (χ1) is 9.07. The van der Waals surface area contributed by atoms with Crippen molar-refractivity contribution in [2.24, 2.45) is 0 Å².